The van der Waals surface area contributed by atoms with E-state index in [4.69, 9.17) is 14.8 Å². The van der Waals surface area contributed by atoms with Crippen LogP contribution in [0.5, 0.6) is 0 Å². The maximum absolute atomic E-state index is 14.9. The molecule has 1 aliphatic rings. The summed E-state index contributed by atoms with van der Waals surface area (Å²) >= 11 is 0. The number of H-pyrrole nitrogens is 1. The van der Waals surface area contributed by atoms with Gasteiger partial charge in [0.25, 0.3) is 0 Å². The van der Waals surface area contributed by atoms with Crippen molar-refractivity contribution in [1.29, 1.82) is 0 Å². The van der Waals surface area contributed by atoms with Crippen LogP contribution < -0.4 is 10.5 Å². The monoisotopic (exact) mass is 691 g/mol. The van der Waals surface area contributed by atoms with E-state index < -0.39 is 0 Å². The molecule has 3 aromatic heterocycles. The number of aromatic nitrogens is 5. The quantitative estimate of drug-likeness (QED) is 0.183. The SMILES string of the molecule is CCCCC(CC)C(=O)Nc1[nH]c(/C=c2/c(CC)nn3nc(C(C)C)nc23)c(C(C)C)c1C(=O)OC1C(C(C)(C)C)CC(C)CC1C(C)(C)C. The molecule has 1 saturated carbocycles. The van der Waals surface area contributed by atoms with E-state index in [9.17, 15) is 9.59 Å². The normalized spacial score (nSPS) is 21.4. The number of anilines is 1. The summed E-state index contributed by atoms with van der Waals surface area (Å²) in [5, 5.41) is 13.5. The van der Waals surface area contributed by atoms with Crippen molar-refractivity contribution in [3.05, 3.63) is 33.6 Å². The molecule has 0 aromatic carbocycles. The molecule has 3 aromatic rings. The molecule has 0 radical (unpaired) electrons. The topological polar surface area (TPSA) is 114 Å². The van der Waals surface area contributed by atoms with Crippen molar-refractivity contribution >= 4 is 29.4 Å². The van der Waals surface area contributed by atoms with Crippen LogP contribution in [-0.2, 0) is 16.0 Å². The van der Waals surface area contributed by atoms with Gasteiger partial charge in [-0.3, -0.25) is 4.79 Å². The Kier molecular flexibility index (Phi) is 12.3. The van der Waals surface area contributed by atoms with Gasteiger partial charge in [0.2, 0.25) is 5.91 Å². The minimum Gasteiger partial charge on any atom is -0.458 e. The summed E-state index contributed by atoms with van der Waals surface area (Å²) in [6.45, 7) is 30.5. The number of carbonyl (C=O) groups excluding carboxylic acids is 2. The molecule has 0 saturated heterocycles. The Hall–Kier alpha value is -3.23. The van der Waals surface area contributed by atoms with Crippen LogP contribution in [0.1, 0.15) is 180 Å². The molecule has 1 aliphatic carbocycles. The number of aryl methyl sites for hydroxylation is 1. The summed E-state index contributed by atoms with van der Waals surface area (Å²) in [7, 11) is 0. The molecule has 3 heterocycles. The van der Waals surface area contributed by atoms with Crippen LogP contribution in [0.4, 0.5) is 5.82 Å². The number of carbonyl (C=O) groups is 2. The van der Waals surface area contributed by atoms with E-state index in [1.807, 2.05) is 6.08 Å². The van der Waals surface area contributed by atoms with E-state index in [2.05, 4.69) is 112 Å². The number of amides is 1. The number of esters is 1. The van der Waals surface area contributed by atoms with E-state index in [-0.39, 0.29) is 58.4 Å². The molecule has 0 bridgehead atoms. The Balaban J connectivity index is 1.93. The number of nitrogens with one attached hydrogen (secondary N) is 2. The third-order valence-corrected chi connectivity index (χ3v) is 11.0. The number of unbranched alkanes of at least 4 members (excludes halogenated alkanes) is 1. The average Bonchev–Trinajstić information content (AvgIpc) is 3.69. The van der Waals surface area contributed by atoms with E-state index in [0.717, 1.165) is 66.5 Å². The van der Waals surface area contributed by atoms with Gasteiger partial charge in [-0.2, -0.15) is 5.10 Å². The first kappa shape index (κ1) is 39.6. The predicted octanol–water partition coefficient (Wildman–Crippen LogP) is 9.24. The second-order valence-corrected chi connectivity index (χ2v) is 17.8. The molecule has 0 spiro atoms. The molecule has 1 fully saturated rings. The number of fused-ring (bicyclic) bond motifs is 1. The molecule has 4 rings (SSSR count). The lowest BCUT2D eigenvalue weighted by atomic mass is 9.59. The Morgan fingerprint density at radius 3 is 2.10 bits per heavy atom. The maximum Gasteiger partial charge on any atom is 0.342 e. The van der Waals surface area contributed by atoms with Gasteiger partial charge in [0.1, 0.15) is 17.5 Å². The minimum atomic E-state index is -0.379. The van der Waals surface area contributed by atoms with Crippen molar-refractivity contribution in [1.82, 2.24) is 24.8 Å². The van der Waals surface area contributed by atoms with Crippen LogP contribution in [0.25, 0.3) is 11.7 Å². The maximum atomic E-state index is 14.9. The van der Waals surface area contributed by atoms with Crippen molar-refractivity contribution in [2.75, 3.05) is 5.32 Å². The highest BCUT2D eigenvalue weighted by Crippen LogP contribution is 2.50. The molecule has 50 heavy (non-hydrogen) atoms. The van der Waals surface area contributed by atoms with E-state index in [1.165, 1.54) is 0 Å². The fraction of sp³-hybridized carbons (Fsp3) is 0.732. The zero-order valence-electron chi connectivity index (χ0n) is 33.6. The molecule has 3 unspecified atom stereocenters. The van der Waals surface area contributed by atoms with Gasteiger partial charge in [0.15, 0.2) is 11.5 Å². The number of aromatic amines is 1. The Bertz CT molecular complexity index is 1660. The van der Waals surface area contributed by atoms with Crippen molar-refractivity contribution in [2.45, 2.75) is 160 Å². The highest BCUT2D eigenvalue weighted by atomic mass is 16.5. The van der Waals surface area contributed by atoms with Gasteiger partial charge in [-0.05, 0) is 66.4 Å². The third kappa shape index (κ3) is 8.45. The first-order valence-corrected chi connectivity index (χ1v) is 19.4. The minimum absolute atomic E-state index is 0.0500. The first-order chi connectivity index (χ1) is 23.3. The second-order valence-electron chi connectivity index (χ2n) is 17.8. The van der Waals surface area contributed by atoms with Crippen LogP contribution in [0, 0.1) is 34.5 Å². The largest absolute Gasteiger partial charge is 0.458 e. The summed E-state index contributed by atoms with van der Waals surface area (Å²) in [6, 6.07) is 0. The lowest BCUT2D eigenvalue weighted by Gasteiger charge is -2.50. The molecule has 3 atom stereocenters. The summed E-state index contributed by atoms with van der Waals surface area (Å²) in [5.41, 5.74) is 3.45. The van der Waals surface area contributed by atoms with Crippen molar-refractivity contribution < 1.29 is 14.3 Å². The summed E-state index contributed by atoms with van der Waals surface area (Å²) in [6.07, 6.45) is 8.02. The van der Waals surface area contributed by atoms with Gasteiger partial charge >= 0.3 is 5.97 Å². The lowest BCUT2D eigenvalue weighted by Crippen LogP contribution is -2.49. The van der Waals surface area contributed by atoms with Crippen molar-refractivity contribution in [3.63, 3.8) is 0 Å². The molecule has 278 valence electrons. The van der Waals surface area contributed by atoms with Crippen molar-refractivity contribution in [3.8, 4) is 0 Å². The number of nitrogens with zero attached hydrogens (tertiary/aromatic N) is 4. The summed E-state index contributed by atoms with van der Waals surface area (Å²) in [4.78, 5) is 37.1. The van der Waals surface area contributed by atoms with Crippen molar-refractivity contribution in [2.24, 2.45) is 34.5 Å². The summed E-state index contributed by atoms with van der Waals surface area (Å²) in [5.74, 6) is 1.58. The fourth-order valence-corrected chi connectivity index (χ4v) is 7.95. The van der Waals surface area contributed by atoms with Gasteiger partial charge in [-0.15, -0.1) is 9.73 Å². The van der Waals surface area contributed by atoms with E-state index >= 15 is 0 Å². The van der Waals surface area contributed by atoms with Crippen LogP contribution in [-0.4, -0.2) is 42.8 Å². The molecule has 9 nitrogen and oxygen atoms in total. The van der Waals surface area contributed by atoms with Crippen LogP contribution >= 0.6 is 0 Å². The smallest absolute Gasteiger partial charge is 0.342 e. The Morgan fingerprint density at radius 2 is 1.60 bits per heavy atom. The van der Waals surface area contributed by atoms with Gasteiger partial charge in [-0.25, -0.2) is 9.78 Å². The first-order valence-electron chi connectivity index (χ1n) is 19.4. The molecule has 2 N–H and O–H groups in total. The highest BCUT2D eigenvalue weighted by Gasteiger charge is 2.48. The molecule has 1 amide bonds. The van der Waals surface area contributed by atoms with E-state index in [1.54, 1.807) is 4.63 Å². The summed E-state index contributed by atoms with van der Waals surface area (Å²) < 4.78 is 8.42. The zero-order chi connectivity index (χ0) is 37.3. The number of rotatable bonds is 12. The average molecular weight is 691 g/mol. The fourth-order valence-electron chi connectivity index (χ4n) is 7.95. The Labute approximate surface area is 301 Å². The second kappa shape index (κ2) is 15.6. The molecular formula is C41H66N6O3. The van der Waals surface area contributed by atoms with Crippen LogP contribution in [0.15, 0.2) is 0 Å². The highest BCUT2D eigenvalue weighted by molar-refractivity contribution is 6.03. The van der Waals surface area contributed by atoms with E-state index in [0.29, 0.717) is 29.4 Å². The Morgan fingerprint density at radius 1 is 0.980 bits per heavy atom. The number of hydrogen-bond acceptors (Lipinski definition) is 6. The molecule has 0 aliphatic heterocycles. The lowest BCUT2D eigenvalue weighted by molar-refractivity contribution is -0.120. The number of ether oxygens (including phenoxy) is 1. The van der Waals surface area contributed by atoms with Gasteiger partial charge in [0.05, 0.1) is 5.69 Å². The zero-order valence-corrected chi connectivity index (χ0v) is 33.6. The van der Waals surface area contributed by atoms with Gasteiger partial charge < -0.3 is 15.0 Å². The molecule has 9 heteroatoms. The predicted molar refractivity (Wildman–Crippen MR) is 203 cm³/mol. The van der Waals surface area contributed by atoms with Crippen LogP contribution in [0.2, 0.25) is 0 Å². The molecular weight excluding hydrogens is 624 g/mol. The van der Waals surface area contributed by atoms with Crippen LogP contribution in [0.3, 0.4) is 0 Å². The third-order valence-electron chi connectivity index (χ3n) is 11.0. The number of hydrogen-bond donors (Lipinski definition) is 2. The van der Waals surface area contributed by atoms with Gasteiger partial charge in [0, 0.05) is 34.6 Å². The van der Waals surface area contributed by atoms with Gasteiger partial charge in [-0.1, -0.05) is 110 Å². The standard InChI is InChI=1S/C41H66N6O3/c1-15-18-19-26(16-2)38(48)44-36-33(39(49)50-34-28(40(9,10)11)20-25(8)21-29(34)41(12,13)14)32(23(4)5)31(42-36)22-27-30(17-3)45-47-37(27)43-35(46-47)24(6)7/h22-26,28-29,34,42H,15-21H2,1-14H3,(H,44,48)/b27-22-.